The van der Waals surface area contributed by atoms with Crippen molar-refractivity contribution in [3.63, 3.8) is 0 Å². The number of benzene rings is 1. The first-order valence-corrected chi connectivity index (χ1v) is 7.48. The summed E-state index contributed by atoms with van der Waals surface area (Å²) in [5.41, 5.74) is 0.957. The van der Waals surface area contributed by atoms with Gasteiger partial charge in [-0.1, -0.05) is 42.5 Å². The van der Waals surface area contributed by atoms with Crippen molar-refractivity contribution >= 4 is 21.8 Å². The van der Waals surface area contributed by atoms with Gasteiger partial charge in [0, 0.05) is 13.5 Å². The van der Waals surface area contributed by atoms with Gasteiger partial charge in [0.1, 0.15) is 0 Å². The summed E-state index contributed by atoms with van der Waals surface area (Å²) in [6.07, 6.45) is 3.38. The molecule has 0 atom stereocenters. The SMILES string of the molecule is CNC(=O)CCS(=O)(=O)C/C=C/c1ccccc1. The Hall–Kier alpha value is -1.62. The molecule has 0 spiro atoms. The van der Waals surface area contributed by atoms with E-state index < -0.39 is 9.84 Å². The van der Waals surface area contributed by atoms with Crippen molar-refractivity contribution in [1.82, 2.24) is 5.32 Å². The zero-order chi connectivity index (χ0) is 13.4. The minimum atomic E-state index is -3.20. The second kappa shape index (κ2) is 6.96. The van der Waals surface area contributed by atoms with E-state index in [4.69, 9.17) is 0 Å². The second-order valence-corrected chi connectivity index (χ2v) is 6.08. The number of sulfone groups is 1. The fraction of sp³-hybridized carbons (Fsp3) is 0.308. The molecule has 0 aliphatic carbocycles. The van der Waals surface area contributed by atoms with Crippen LogP contribution in [0.15, 0.2) is 36.4 Å². The van der Waals surface area contributed by atoms with Gasteiger partial charge >= 0.3 is 0 Å². The van der Waals surface area contributed by atoms with E-state index in [0.29, 0.717) is 0 Å². The lowest BCUT2D eigenvalue weighted by molar-refractivity contribution is -0.120. The second-order valence-electron chi connectivity index (χ2n) is 3.85. The maximum Gasteiger partial charge on any atom is 0.220 e. The predicted octanol–water partition coefficient (Wildman–Crippen LogP) is 1.25. The van der Waals surface area contributed by atoms with Crippen LogP contribution in [-0.4, -0.2) is 32.9 Å². The van der Waals surface area contributed by atoms with Crippen LogP contribution in [0.2, 0.25) is 0 Å². The van der Waals surface area contributed by atoms with E-state index in [0.717, 1.165) is 5.56 Å². The van der Waals surface area contributed by atoms with Crippen LogP contribution in [0.1, 0.15) is 12.0 Å². The molecule has 0 bridgehead atoms. The molecule has 0 unspecified atom stereocenters. The monoisotopic (exact) mass is 267 g/mol. The normalized spacial score (nSPS) is 11.6. The molecule has 0 radical (unpaired) electrons. The lowest BCUT2D eigenvalue weighted by atomic mass is 10.2. The molecule has 1 aromatic rings. The molecule has 18 heavy (non-hydrogen) atoms. The Morgan fingerprint density at radius 3 is 2.56 bits per heavy atom. The Bertz CT molecular complexity index is 506. The van der Waals surface area contributed by atoms with Crippen LogP contribution in [0.3, 0.4) is 0 Å². The predicted molar refractivity (Wildman–Crippen MR) is 72.8 cm³/mol. The third kappa shape index (κ3) is 5.63. The van der Waals surface area contributed by atoms with Crippen LogP contribution in [0, 0.1) is 0 Å². The topological polar surface area (TPSA) is 63.2 Å². The van der Waals surface area contributed by atoms with E-state index in [2.05, 4.69) is 5.32 Å². The van der Waals surface area contributed by atoms with Crippen LogP contribution < -0.4 is 5.32 Å². The number of carbonyl (C=O) groups excluding carboxylic acids is 1. The van der Waals surface area contributed by atoms with Crippen LogP contribution in [0.25, 0.3) is 6.08 Å². The Labute approximate surface area is 108 Å². The van der Waals surface area contributed by atoms with E-state index in [1.165, 1.54) is 7.05 Å². The molecule has 0 aliphatic rings. The zero-order valence-corrected chi connectivity index (χ0v) is 11.1. The van der Waals surface area contributed by atoms with Crippen LogP contribution in [0.4, 0.5) is 0 Å². The third-order valence-corrected chi connectivity index (χ3v) is 3.91. The summed E-state index contributed by atoms with van der Waals surface area (Å²) in [5, 5.41) is 2.40. The first-order chi connectivity index (χ1) is 8.53. The summed E-state index contributed by atoms with van der Waals surface area (Å²) in [6.45, 7) is 0. The molecule has 0 fully saturated rings. The fourth-order valence-electron chi connectivity index (χ4n) is 1.35. The fourth-order valence-corrected chi connectivity index (χ4v) is 2.40. The molecule has 4 nitrogen and oxygen atoms in total. The van der Waals surface area contributed by atoms with Crippen molar-refractivity contribution in [3.05, 3.63) is 42.0 Å². The highest BCUT2D eigenvalue weighted by molar-refractivity contribution is 7.91. The molecular formula is C13H17NO3S. The molecule has 0 aliphatic heterocycles. The van der Waals surface area contributed by atoms with Gasteiger partial charge in [0.25, 0.3) is 0 Å². The zero-order valence-electron chi connectivity index (χ0n) is 10.3. The maximum absolute atomic E-state index is 11.6. The Kier molecular flexibility index (Phi) is 5.58. The standard InChI is InChI=1S/C13H17NO3S/c1-14-13(15)9-11-18(16,17)10-5-8-12-6-3-2-4-7-12/h2-8H,9-11H2,1H3,(H,14,15)/b8-5+. The molecule has 1 aromatic carbocycles. The number of hydrogen-bond donors (Lipinski definition) is 1. The van der Waals surface area contributed by atoms with E-state index in [1.54, 1.807) is 12.2 Å². The minimum Gasteiger partial charge on any atom is -0.359 e. The van der Waals surface area contributed by atoms with Gasteiger partial charge < -0.3 is 5.32 Å². The molecule has 0 heterocycles. The molecule has 0 aromatic heterocycles. The van der Waals surface area contributed by atoms with Crippen molar-refractivity contribution in [2.75, 3.05) is 18.6 Å². The van der Waals surface area contributed by atoms with Gasteiger partial charge in [-0.3, -0.25) is 4.79 Å². The van der Waals surface area contributed by atoms with Crippen LogP contribution >= 0.6 is 0 Å². The molecule has 0 saturated carbocycles. The Balaban J connectivity index is 2.47. The van der Waals surface area contributed by atoms with E-state index in [9.17, 15) is 13.2 Å². The summed E-state index contributed by atoms with van der Waals surface area (Å²) in [7, 11) is -1.71. The van der Waals surface area contributed by atoms with Gasteiger partial charge in [-0.05, 0) is 5.56 Å². The number of hydrogen-bond acceptors (Lipinski definition) is 3. The molecular weight excluding hydrogens is 250 g/mol. The Morgan fingerprint density at radius 2 is 1.94 bits per heavy atom. The largest absolute Gasteiger partial charge is 0.359 e. The van der Waals surface area contributed by atoms with Gasteiger partial charge in [-0.15, -0.1) is 0 Å². The van der Waals surface area contributed by atoms with Crippen molar-refractivity contribution in [2.24, 2.45) is 0 Å². The first kappa shape index (κ1) is 14.4. The average molecular weight is 267 g/mol. The summed E-state index contributed by atoms with van der Waals surface area (Å²) in [4.78, 5) is 11.0. The molecule has 0 saturated heterocycles. The smallest absolute Gasteiger partial charge is 0.220 e. The van der Waals surface area contributed by atoms with E-state index in [1.807, 2.05) is 30.3 Å². The lowest BCUT2D eigenvalue weighted by Gasteiger charge is -2.00. The minimum absolute atomic E-state index is 0.0119. The summed E-state index contributed by atoms with van der Waals surface area (Å²) in [5.74, 6) is -0.421. The molecule has 1 N–H and O–H groups in total. The van der Waals surface area contributed by atoms with Gasteiger partial charge in [0.15, 0.2) is 9.84 Å². The van der Waals surface area contributed by atoms with E-state index in [-0.39, 0.29) is 23.8 Å². The summed E-state index contributed by atoms with van der Waals surface area (Å²) in [6, 6.07) is 9.47. The maximum atomic E-state index is 11.6. The van der Waals surface area contributed by atoms with E-state index >= 15 is 0 Å². The van der Waals surface area contributed by atoms with Gasteiger partial charge in [-0.25, -0.2) is 8.42 Å². The summed E-state index contributed by atoms with van der Waals surface area (Å²) < 4.78 is 23.2. The number of carbonyl (C=O) groups is 1. The van der Waals surface area contributed by atoms with Gasteiger partial charge in [0.2, 0.25) is 5.91 Å². The quantitative estimate of drug-likeness (QED) is 0.843. The Morgan fingerprint density at radius 1 is 1.28 bits per heavy atom. The lowest BCUT2D eigenvalue weighted by Crippen LogP contribution is -2.22. The third-order valence-electron chi connectivity index (χ3n) is 2.38. The number of nitrogens with one attached hydrogen (secondary N) is 1. The van der Waals surface area contributed by atoms with Gasteiger partial charge in [0.05, 0.1) is 11.5 Å². The highest BCUT2D eigenvalue weighted by atomic mass is 32.2. The average Bonchev–Trinajstić information content (AvgIpc) is 2.37. The number of rotatable bonds is 6. The summed E-state index contributed by atoms with van der Waals surface area (Å²) >= 11 is 0. The van der Waals surface area contributed by atoms with Crippen molar-refractivity contribution in [1.29, 1.82) is 0 Å². The first-order valence-electron chi connectivity index (χ1n) is 5.66. The number of amides is 1. The van der Waals surface area contributed by atoms with Crippen LogP contribution in [0.5, 0.6) is 0 Å². The van der Waals surface area contributed by atoms with Gasteiger partial charge in [-0.2, -0.15) is 0 Å². The van der Waals surface area contributed by atoms with Crippen molar-refractivity contribution in [3.8, 4) is 0 Å². The molecule has 1 amide bonds. The molecule has 1 rings (SSSR count). The van der Waals surface area contributed by atoms with Crippen molar-refractivity contribution < 1.29 is 13.2 Å². The van der Waals surface area contributed by atoms with Crippen LogP contribution in [-0.2, 0) is 14.6 Å². The highest BCUT2D eigenvalue weighted by Gasteiger charge is 2.10. The van der Waals surface area contributed by atoms with Crippen molar-refractivity contribution in [2.45, 2.75) is 6.42 Å². The molecule has 5 heteroatoms. The highest BCUT2D eigenvalue weighted by Crippen LogP contribution is 2.02. The molecule has 98 valence electrons.